The molecule has 1 aromatic carbocycles. The van der Waals surface area contributed by atoms with E-state index in [9.17, 15) is 13.5 Å². The van der Waals surface area contributed by atoms with Crippen LogP contribution in [0.15, 0.2) is 29.2 Å². The lowest BCUT2D eigenvalue weighted by Crippen LogP contribution is -2.36. The average molecular weight is 299 g/mol. The van der Waals surface area contributed by atoms with Gasteiger partial charge in [-0.15, -0.1) is 0 Å². The Balaban J connectivity index is 2.31. The first kappa shape index (κ1) is 15.4. The standard InChI is InChI=1S/C14H21NO4S/c1-11-10-15(7-4-8-19-11)20(17,18)14-6-3-5-13(9-14)12(2)16/h3,5-6,9,11-12,16H,4,7-8,10H2,1-2H3. The second-order valence-electron chi connectivity index (χ2n) is 5.15. The predicted molar refractivity (Wildman–Crippen MR) is 75.9 cm³/mol. The number of aliphatic hydroxyl groups is 1. The van der Waals surface area contributed by atoms with Gasteiger partial charge in [0.25, 0.3) is 0 Å². The summed E-state index contributed by atoms with van der Waals surface area (Å²) >= 11 is 0. The minimum absolute atomic E-state index is 0.104. The summed E-state index contributed by atoms with van der Waals surface area (Å²) in [7, 11) is -3.53. The van der Waals surface area contributed by atoms with Crippen LogP contribution in [0, 0.1) is 0 Å². The van der Waals surface area contributed by atoms with Gasteiger partial charge in [0.2, 0.25) is 10.0 Å². The molecule has 0 bridgehead atoms. The SMILES string of the molecule is CC1CN(S(=O)(=O)c2cccc(C(C)O)c2)CCCO1. The molecule has 1 saturated heterocycles. The molecule has 20 heavy (non-hydrogen) atoms. The maximum absolute atomic E-state index is 12.6. The van der Waals surface area contributed by atoms with Crippen LogP contribution in [0.3, 0.4) is 0 Å². The maximum atomic E-state index is 12.6. The van der Waals surface area contributed by atoms with Crippen LogP contribution in [0.4, 0.5) is 0 Å². The van der Waals surface area contributed by atoms with Crippen LogP contribution < -0.4 is 0 Å². The largest absolute Gasteiger partial charge is 0.389 e. The Kier molecular flexibility index (Phi) is 4.80. The molecule has 5 nitrogen and oxygen atoms in total. The molecule has 112 valence electrons. The van der Waals surface area contributed by atoms with Crippen molar-refractivity contribution in [2.24, 2.45) is 0 Å². The molecule has 0 aliphatic carbocycles. The van der Waals surface area contributed by atoms with Crippen LogP contribution in [-0.4, -0.2) is 43.6 Å². The van der Waals surface area contributed by atoms with Crippen LogP contribution in [0.5, 0.6) is 0 Å². The number of benzene rings is 1. The van der Waals surface area contributed by atoms with Gasteiger partial charge < -0.3 is 9.84 Å². The number of sulfonamides is 1. The van der Waals surface area contributed by atoms with E-state index >= 15 is 0 Å². The summed E-state index contributed by atoms with van der Waals surface area (Å²) in [6, 6.07) is 6.48. The zero-order valence-electron chi connectivity index (χ0n) is 11.8. The molecule has 2 atom stereocenters. The van der Waals surface area contributed by atoms with Gasteiger partial charge in [-0.2, -0.15) is 4.31 Å². The highest BCUT2D eigenvalue weighted by Gasteiger charge is 2.28. The molecule has 0 saturated carbocycles. The van der Waals surface area contributed by atoms with Crippen LogP contribution in [0.2, 0.25) is 0 Å². The molecule has 1 aromatic rings. The van der Waals surface area contributed by atoms with E-state index in [-0.39, 0.29) is 11.0 Å². The Morgan fingerprint density at radius 2 is 2.20 bits per heavy atom. The Bertz CT molecular complexity index is 556. The van der Waals surface area contributed by atoms with E-state index in [1.54, 1.807) is 25.1 Å². The Morgan fingerprint density at radius 1 is 1.45 bits per heavy atom. The van der Waals surface area contributed by atoms with Gasteiger partial charge in [0.1, 0.15) is 0 Å². The van der Waals surface area contributed by atoms with Crippen molar-refractivity contribution in [3.8, 4) is 0 Å². The lowest BCUT2D eigenvalue weighted by Gasteiger charge is -2.22. The smallest absolute Gasteiger partial charge is 0.243 e. The highest BCUT2D eigenvalue weighted by atomic mass is 32.2. The molecule has 6 heteroatoms. The second-order valence-corrected chi connectivity index (χ2v) is 7.08. The van der Waals surface area contributed by atoms with Gasteiger partial charge in [-0.3, -0.25) is 0 Å². The van der Waals surface area contributed by atoms with Gasteiger partial charge in [-0.25, -0.2) is 8.42 Å². The van der Waals surface area contributed by atoms with Crippen LogP contribution >= 0.6 is 0 Å². The van der Waals surface area contributed by atoms with Crippen molar-refractivity contribution < 1.29 is 18.3 Å². The number of aliphatic hydroxyl groups excluding tert-OH is 1. The van der Waals surface area contributed by atoms with Crippen molar-refractivity contribution in [1.29, 1.82) is 0 Å². The van der Waals surface area contributed by atoms with E-state index in [4.69, 9.17) is 4.74 Å². The molecular formula is C14H21NO4S. The van der Waals surface area contributed by atoms with Crippen molar-refractivity contribution >= 4 is 10.0 Å². The van der Waals surface area contributed by atoms with E-state index in [1.165, 1.54) is 10.4 Å². The summed E-state index contributed by atoms with van der Waals surface area (Å²) in [6.45, 7) is 4.90. The molecule has 1 N–H and O–H groups in total. The zero-order valence-corrected chi connectivity index (χ0v) is 12.6. The van der Waals surface area contributed by atoms with Gasteiger partial charge in [-0.1, -0.05) is 12.1 Å². The quantitative estimate of drug-likeness (QED) is 0.919. The summed E-state index contributed by atoms with van der Waals surface area (Å²) in [6.07, 6.45) is -0.0941. The fourth-order valence-electron chi connectivity index (χ4n) is 2.26. The van der Waals surface area contributed by atoms with Crippen LogP contribution in [-0.2, 0) is 14.8 Å². The second kappa shape index (κ2) is 6.22. The lowest BCUT2D eigenvalue weighted by atomic mass is 10.1. The predicted octanol–water partition coefficient (Wildman–Crippen LogP) is 1.54. The number of hydrogen-bond acceptors (Lipinski definition) is 4. The molecule has 1 aliphatic rings. The van der Waals surface area contributed by atoms with Gasteiger partial charge in [0, 0.05) is 19.7 Å². The van der Waals surface area contributed by atoms with Gasteiger partial charge in [0.05, 0.1) is 17.1 Å². The van der Waals surface area contributed by atoms with Crippen LogP contribution in [0.25, 0.3) is 0 Å². The third kappa shape index (κ3) is 3.38. The van der Waals surface area contributed by atoms with E-state index in [2.05, 4.69) is 0 Å². The highest BCUT2D eigenvalue weighted by molar-refractivity contribution is 7.89. The lowest BCUT2D eigenvalue weighted by molar-refractivity contribution is 0.0752. The van der Waals surface area contributed by atoms with Gasteiger partial charge >= 0.3 is 0 Å². The van der Waals surface area contributed by atoms with E-state index in [1.807, 2.05) is 6.92 Å². The topological polar surface area (TPSA) is 66.8 Å². The molecule has 1 aliphatic heterocycles. The molecule has 1 fully saturated rings. The highest BCUT2D eigenvalue weighted by Crippen LogP contribution is 2.22. The van der Waals surface area contributed by atoms with Crippen LogP contribution in [0.1, 0.15) is 31.9 Å². The Labute approximate surface area is 120 Å². The molecule has 0 amide bonds. The van der Waals surface area contributed by atoms with E-state index < -0.39 is 16.1 Å². The van der Waals surface area contributed by atoms with Gasteiger partial charge in [0.15, 0.2) is 0 Å². The first-order chi connectivity index (χ1) is 9.41. The molecular weight excluding hydrogens is 278 g/mol. The average Bonchev–Trinajstić information content (AvgIpc) is 2.64. The number of rotatable bonds is 3. The summed E-state index contributed by atoms with van der Waals surface area (Å²) in [5.74, 6) is 0. The monoisotopic (exact) mass is 299 g/mol. The fourth-order valence-corrected chi connectivity index (χ4v) is 3.87. The minimum atomic E-state index is -3.53. The third-order valence-corrected chi connectivity index (χ3v) is 5.25. The van der Waals surface area contributed by atoms with Crippen molar-refractivity contribution in [2.75, 3.05) is 19.7 Å². The molecule has 1 heterocycles. The summed E-state index contributed by atoms with van der Waals surface area (Å²) in [5.41, 5.74) is 0.602. The zero-order chi connectivity index (χ0) is 14.8. The summed E-state index contributed by atoms with van der Waals surface area (Å²) in [5, 5.41) is 9.58. The maximum Gasteiger partial charge on any atom is 0.243 e. The number of hydrogen-bond donors (Lipinski definition) is 1. The minimum Gasteiger partial charge on any atom is -0.389 e. The number of ether oxygens (including phenoxy) is 1. The first-order valence-corrected chi connectivity index (χ1v) is 8.25. The van der Waals surface area contributed by atoms with E-state index in [0.717, 1.165) is 0 Å². The van der Waals surface area contributed by atoms with Crippen molar-refractivity contribution in [1.82, 2.24) is 4.31 Å². The molecule has 2 rings (SSSR count). The first-order valence-electron chi connectivity index (χ1n) is 6.81. The van der Waals surface area contributed by atoms with Crippen molar-refractivity contribution in [3.63, 3.8) is 0 Å². The third-order valence-electron chi connectivity index (χ3n) is 3.39. The summed E-state index contributed by atoms with van der Waals surface area (Å²) in [4.78, 5) is 0.227. The van der Waals surface area contributed by atoms with Crippen molar-refractivity contribution in [3.05, 3.63) is 29.8 Å². The fraction of sp³-hybridized carbons (Fsp3) is 0.571. The molecule has 0 radical (unpaired) electrons. The Hall–Kier alpha value is -0.950. The van der Waals surface area contributed by atoms with Gasteiger partial charge in [-0.05, 0) is 38.0 Å². The molecule has 0 spiro atoms. The molecule has 2 unspecified atom stereocenters. The molecule has 0 aromatic heterocycles. The van der Waals surface area contributed by atoms with Crippen molar-refractivity contribution in [2.45, 2.75) is 37.4 Å². The normalized spacial score (nSPS) is 23.2. The Morgan fingerprint density at radius 3 is 2.90 bits per heavy atom. The number of nitrogens with zero attached hydrogens (tertiary/aromatic N) is 1. The summed E-state index contributed by atoms with van der Waals surface area (Å²) < 4.78 is 32.2. The van der Waals surface area contributed by atoms with E-state index in [0.29, 0.717) is 31.7 Å².